The summed E-state index contributed by atoms with van der Waals surface area (Å²) in [5.74, 6) is 0.853. The summed E-state index contributed by atoms with van der Waals surface area (Å²) >= 11 is 1.77. The molecule has 0 fully saturated rings. The van der Waals surface area contributed by atoms with Crippen LogP contribution in [0.25, 0.3) is 0 Å². The standard InChI is InChI=1S/C17H20FNS.ClH/c1-19(12-11-15-5-3-2-4-6-15)13-14-20-17-9-7-16(18)8-10-17;/h2-10H,11-14H2,1H3;1H. The van der Waals surface area contributed by atoms with Crippen molar-refractivity contribution < 1.29 is 4.39 Å². The maximum absolute atomic E-state index is 12.8. The Morgan fingerprint density at radius 3 is 2.29 bits per heavy atom. The molecular formula is C17H21ClFNS. The number of benzene rings is 2. The summed E-state index contributed by atoms with van der Waals surface area (Å²) in [4.78, 5) is 3.46. The number of thioether (sulfide) groups is 1. The lowest BCUT2D eigenvalue weighted by atomic mass is 10.1. The van der Waals surface area contributed by atoms with Crippen LogP contribution < -0.4 is 0 Å². The number of rotatable bonds is 7. The van der Waals surface area contributed by atoms with Crippen LogP contribution in [0.5, 0.6) is 0 Å². The maximum atomic E-state index is 12.8. The molecule has 0 unspecified atom stereocenters. The monoisotopic (exact) mass is 325 g/mol. The van der Waals surface area contributed by atoms with Crippen molar-refractivity contribution in [2.24, 2.45) is 0 Å². The summed E-state index contributed by atoms with van der Waals surface area (Å²) in [7, 11) is 2.15. The molecule has 21 heavy (non-hydrogen) atoms. The Hall–Kier alpha value is -1.03. The van der Waals surface area contributed by atoms with Gasteiger partial charge in [0.2, 0.25) is 0 Å². The Morgan fingerprint density at radius 1 is 0.952 bits per heavy atom. The molecule has 0 amide bonds. The molecular weight excluding hydrogens is 305 g/mol. The Bertz CT molecular complexity index is 504. The van der Waals surface area contributed by atoms with Crippen molar-refractivity contribution in [2.75, 3.05) is 25.9 Å². The van der Waals surface area contributed by atoms with E-state index in [9.17, 15) is 4.39 Å². The molecule has 2 aromatic carbocycles. The molecule has 2 rings (SSSR count). The van der Waals surface area contributed by atoms with Gasteiger partial charge in [-0.3, -0.25) is 0 Å². The van der Waals surface area contributed by atoms with E-state index in [-0.39, 0.29) is 18.2 Å². The number of nitrogens with zero attached hydrogens (tertiary/aromatic N) is 1. The van der Waals surface area contributed by atoms with E-state index in [4.69, 9.17) is 0 Å². The van der Waals surface area contributed by atoms with E-state index < -0.39 is 0 Å². The van der Waals surface area contributed by atoms with Gasteiger partial charge < -0.3 is 4.90 Å². The highest BCUT2D eigenvalue weighted by atomic mass is 35.5. The molecule has 0 N–H and O–H groups in total. The number of hydrogen-bond acceptors (Lipinski definition) is 2. The first-order valence-electron chi connectivity index (χ1n) is 6.85. The molecule has 1 nitrogen and oxygen atoms in total. The third kappa shape index (κ3) is 6.98. The first kappa shape index (κ1) is 18.0. The van der Waals surface area contributed by atoms with Crippen LogP contribution in [0.4, 0.5) is 4.39 Å². The van der Waals surface area contributed by atoms with Crippen LogP contribution in [0, 0.1) is 5.82 Å². The maximum Gasteiger partial charge on any atom is 0.123 e. The second-order valence-electron chi connectivity index (χ2n) is 4.84. The highest BCUT2D eigenvalue weighted by Gasteiger charge is 2.00. The van der Waals surface area contributed by atoms with Crippen molar-refractivity contribution in [2.45, 2.75) is 11.3 Å². The van der Waals surface area contributed by atoms with Crippen molar-refractivity contribution in [3.05, 3.63) is 66.0 Å². The van der Waals surface area contributed by atoms with Gasteiger partial charge in [-0.2, -0.15) is 0 Å². The van der Waals surface area contributed by atoms with Crippen LogP contribution in [0.15, 0.2) is 59.5 Å². The van der Waals surface area contributed by atoms with Gasteiger partial charge in [0.05, 0.1) is 0 Å². The number of hydrogen-bond donors (Lipinski definition) is 0. The molecule has 0 aliphatic heterocycles. The Kier molecular flexibility index (Phi) is 8.43. The molecule has 0 aliphatic carbocycles. The Balaban J connectivity index is 0.00000220. The Morgan fingerprint density at radius 2 is 1.62 bits per heavy atom. The number of halogens is 2. The summed E-state index contributed by atoms with van der Waals surface area (Å²) in [5, 5.41) is 0. The fraction of sp³-hybridized carbons (Fsp3) is 0.294. The fourth-order valence-corrected chi connectivity index (χ4v) is 2.89. The van der Waals surface area contributed by atoms with Crippen molar-refractivity contribution >= 4 is 24.2 Å². The average Bonchev–Trinajstić information content (AvgIpc) is 2.48. The zero-order valence-electron chi connectivity index (χ0n) is 12.2. The predicted molar refractivity (Wildman–Crippen MR) is 92.0 cm³/mol. The van der Waals surface area contributed by atoms with Gasteiger partial charge in [0.25, 0.3) is 0 Å². The minimum atomic E-state index is -0.172. The van der Waals surface area contributed by atoms with E-state index in [2.05, 4.69) is 36.2 Å². The van der Waals surface area contributed by atoms with Crippen molar-refractivity contribution in [1.82, 2.24) is 4.90 Å². The van der Waals surface area contributed by atoms with Crippen LogP contribution in [0.1, 0.15) is 5.56 Å². The molecule has 0 bridgehead atoms. The van der Waals surface area contributed by atoms with E-state index >= 15 is 0 Å². The molecule has 0 saturated carbocycles. The Labute approximate surface area is 137 Å². The van der Waals surface area contributed by atoms with E-state index in [0.29, 0.717) is 0 Å². The molecule has 0 heterocycles. The molecule has 0 spiro atoms. The lowest BCUT2D eigenvalue weighted by molar-refractivity contribution is 0.360. The molecule has 2 aromatic rings. The smallest absolute Gasteiger partial charge is 0.123 e. The second kappa shape index (κ2) is 9.82. The van der Waals surface area contributed by atoms with E-state index in [0.717, 1.165) is 30.2 Å². The first-order valence-corrected chi connectivity index (χ1v) is 7.83. The van der Waals surface area contributed by atoms with Gasteiger partial charge >= 0.3 is 0 Å². The lowest BCUT2D eigenvalue weighted by Gasteiger charge is -2.16. The molecule has 0 saturated heterocycles. The number of likely N-dealkylation sites (N-methyl/N-ethyl adjacent to an activating group) is 1. The third-order valence-corrected chi connectivity index (χ3v) is 4.17. The normalized spacial score (nSPS) is 10.4. The zero-order valence-corrected chi connectivity index (χ0v) is 13.8. The van der Waals surface area contributed by atoms with E-state index in [1.165, 1.54) is 17.7 Å². The summed E-state index contributed by atoms with van der Waals surface area (Å²) in [6.07, 6.45) is 1.08. The van der Waals surface area contributed by atoms with Gasteiger partial charge in [-0.15, -0.1) is 24.2 Å². The third-order valence-electron chi connectivity index (χ3n) is 3.18. The fourth-order valence-electron chi connectivity index (χ4n) is 1.93. The summed E-state index contributed by atoms with van der Waals surface area (Å²) in [6, 6.07) is 17.3. The van der Waals surface area contributed by atoms with Crippen LogP contribution in [-0.2, 0) is 6.42 Å². The van der Waals surface area contributed by atoms with Crippen molar-refractivity contribution in [3.8, 4) is 0 Å². The van der Waals surface area contributed by atoms with Gasteiger partial charge in [0.1, 0.15) is 5.82 Å². The summed E-state index contributed by atoms with van der Waals surface area (Å²) in [6.45, 7) is 2.10. The van der Waals surface area contributed by atoms with Crippen LogP contribution >= 0.6 is 24.2 Å². The SMILES string of the molecule is CN(CCSc1ccc(F)cc1)CCc1ccccc1.Cl. The van der Waals surface area contributed by atoms with Crippen molar-refractivity contribution in [1.29, 1.82) is 0 Å². The topological polar surface area (TPSA) is 3.24 Å². The molecule has 0 aliphatic rings. The largest absolute Gasteiger partial charge is 0.305 e. The molecule has 0 radical (unpaired) electrons. The average molecular weight is 326 g/mol. The highest BCUT2D eigenvalue weighted by molar-refractivity contribution is 7.99. The highest BCUT2D eigenvalue weighted by Crippen LogP contribution is 2.17. The van der Waals surface area contributed by atoms with Crippen LogP contribution in [0.2, 0.25) is 0 Å². The van der Waals surface area contributed by atoms with Gasteiger partial charge in [0, 0.05) is 23.7 Å². The summed E-state index contributed by atoms with van der Waals surface area (Å²) < 4.78 is 12.8. The van der Waals surface area contributed by atoms with E-state index in [1.807, 2.05) is 18.2 Å². The van der Waals surface area contributed by atoms with E-state index in [1.54, 1.807) is 11.8 Å². The molecule has 4 heteroatoms. The second-order valence-corrected chi connectivity index (χ2v) is 6.01. The van der Waals surface area contributed by atoms with Crippen LogP contribution in [-0.4, -0.2) is 30.8 Å². The molecule has 114 valence electrons. The van der Waals surface area contributed by atoms with Crippen molar-refractivity contribution in [3.63, 3.8) is 0 Å². The van der Waals surface area contributed by atoms with Gasteiger partial charge in [-0.05, 0) is 43.3 Å². The van der Waals surface area contributed by atoms with Gasteiger partial charge in [-0.25, -0.2) is 4.39 Å². The lowest BCUT2D eigenvalue weighted by Crippen LogP contribution is -2.23. The minimum absolute atomic E-state index is 0. The molecule has 0 aromatic heterocycles. The predicted octanol–water partition coefficient (Wildman–Crippen LogP) is 4.51. The van der Waals surface area contributed by atoms with Gasteiger partial charge in [0.15, 0.2) is 0 Å². The van der Waals surface area contributed by atoms with Crippen LogP contribution in [0.3, 0.4) is 0 Å². The van der Waals surface area contributed by atoms with Gasteiger partial charge in [-0.1, -0.05) is 30.3 Å². The quantitative estimate of drug-likeness (QED) is 0.689. The zero-order chi connectivity index (χ0) is 14.2. The summed E-state index contributed by atoms with van der Waals surface area (Å²) in [5.41, 5.74) is 1.38. The minimum Gasteiger partial charge on any atom is -0.305 e. The first-order chi connectivity index (χ1) is 9.74. The molecule has 0 atom stereocenters.